The highest BCUT2D eigenvalue weighted by atomic mass is 16.6. The summed E-state index contributed by atoms with van der Waals surface area (Å²) in [5.74, 6) is 2.93. The van der Waals surface area contributed by atoms with Crippen LogP contribution >= 0.6 is 0 Å². The Balaban J connectivity index is 0.897. The quantitative estimate of drug-likeness (QED) is 0.159. The van der Waals surface area contributed by atoms with Crippen molar-refractivity contribution in [3.05, 3.63) is 270 Å². The summed E-state index contributed by atoms with van der Waals surface area (Å²) in [4.78, 5) is 2.39. The lowest BCUT2D eigenvalue weighted by atomic mass is 9.67. The highest BCUT2D eigenvalue weighted by Crippen LogP contribution is 2.62. The van der Waals surface area contributed by atoms with E-state index < -0.39 is 5.41 Å². The Morgan fingerprint density at radius 2 is 0.806 bits per heavy atom. The van der Waals surface area contributed by atoms with Gasteiger partial charge in [-0.15, -0.1) is 0 Å². The van der Waals surface area contributed by atoms with Gasteiger partial charge in [-0.05, 0) is 127 Å². The second kappa shape index (κ2) is 15.1. The summed E-state index contributed by atoms with van der Waals surface area (Å²) in [5, 5.41) is 0. The predicted octanol–water partition coefficient (Wildman–Crippen LogP) is 17.1. The Morgan fingerprint density at radius 1 is 0.328 bits per heavy atom. The Morgan fingerprint density at radius 3 is 1.48 bits per heavy atom. The molecule has 0 saturated carbocycles. The van der Waals surface area contributed by atoms with Gasteiger partial charge in [-0.2, -0.15) is 0 Å². The van der Waals surface area contributed by atoms with Crippen LogP contribution in [0, 0.1) is 0 Å². The number of fused-ring (bicyclic) bond motifs is 9. The molecule has 1 atom stereocenters. The average molecular weight is 860 g/mol. The molecule has 0 amide bonds. The molecule has 2 aliphatic carbocycles. The van der Waals surface area contributed by atoms with E-state index in [1.165, 1.54) is 55.6 Å². The first kappa shape index (κ1) is 39.0. The molecule has 3 heteroatoms. The van der Waals surface area contributed by atoms with Crippen LogP contribution in [-0.4, -0.2) is 0 Å². The summed E-state index contributed by atoms with van der Waals surface area (Å²) < 4.78 is 13.2. The van der Waals surface area contributed by atoms with Crippen LogP contribution in [0.2, 0.25) is 0 Å². The Hall–Kier alpha value is -8.40. The van der Waals surface area contributed by atoms with Crippen molar-refractivity contribution in [2.45, 2.75) is 24.7 Å². The van der Waals surface area contributed by atoms with Crippen LogP contribution in [0.3, 0.4) is 0 Å². The van der Waals surface area contributed by atoms with Crippen molar-refractivity contribution in [2.75, 3.05) is 4.90 Å². The maximum Gasteiger partial charge on any atom is 0.178 e. The molecular formula is C64H45NO2. The number of hydrogen-bond acceptors (Lipinski definition) is 3. The van der Waals surface area contributed by atoms with Crippen molar-refractivity contribution in [3.63, 3.8) is 0 Å². The number of benzene rings is 10. The molecule has 1 heterocycles. The molecule has 10 aromatic carbocycles. The summed E-state index contributed by atoms with van der Waals surface area (Å²) >= 11 is 0. The topological polar surface area (TPSA) is 21.7 Å². The van der Waals surface area contributed by atoms with Crippen LogP contribution in [0.1, 0.15) is 47.2 Å². The van der Waals surface area contributed by atoms with E-state index in [1.807, 2.05) is 24.3 Å². The van der Waals surface area contributed by atoms with Gasteiger partial charge in [-0.1, -0.05) is 196 Å². The zero-order valence-corrected chi connectivity index (χ0v) is 37.3. The minimum atomic E-state index is -0.590. The SMILES string of the molecule is CC1(C)c2ccccc2-c2cc(N(c3ccc(-c4ccccc4)cc3)c3ccc(-c4ccc(C5(c6ccccc6)c6ccccc6-c6c5ccc5c6Oc6ccccc6O5)cc4)cc3)ccc21. The highest BCUT2D eigenvalue weighted by molar-refractivity contribution is 5.92. The van der Waals surface area contributed by atoms with E-state index in [0.717, 1.165) is 62.3 Å². The maximum absolute atomic E-state index is 6.74. The summed E-state index contributed by atoms with van der Waals surface area (Å²) in [7, 11) is 0. The molecular weight excluding hydrogens is 815 g/mol. The van der Waals surface area contributed by atoms with Crippen molar-refractivity contribution < 1.29 is 9.47 Å². The molecule has 0 spiro atoms. The molecule has 0 bridgehead atoms. The molecule has 0 radical (unpaired) electrons. The fourth-order valence-electron chi connectivity index (χ4n) is 11.3. The molecule has 13 rings (SSSR count). The first-order chi connectivity index (χ1) is 33.0. The zero-order chi connectivity index (χ0) is 44.7. The molecule has 0 aromatic heterocycles. The van der Waals surface area contributed by atoms with Crippen molar-refractivity contribution in [1.29, 1.82) is 0 Å². The molecule has 10 aromatic rings. The van der Waals surface area contributed by atoms with E-state index in [-0.39, 0.29) is 5.41 Å². The lowest BCUT2D eigenvalue weighted by Crippen LogP contribution is -2.28. The fraction of sp³-hybridized carbons (Fsp3) is 0.0625. The molecule has 3 nitrogen and oxygen atoms in total. The van der Waals surface area contributed by atoms with E-state index in [1.54, 1.807) is 0 Å². The van der Waals surface area contributed by atoms with Crippen molar-refractivity contribution >= 4 is 17.1 Å². The van der Waals surface area contributed by atoms with Crippen LogP contribution in [0.25, 0.3) is 44.5 Å². The van der Waals surface area contributed by atoms with Crippen molar-refractivity contribution in [1.82, 2.24) is 0 Å². The van der Waals surface area contributed by atoms with E-state index in [9.17, 15) is 0 Å². The van der Waals surface area contributed by atoms with Crippen LogP contribution < -0.4 is 14.4 Å². The van der Waals surface area contributed by atoms with Gasteiger partial charge in [-0.25, -0.2) is 0 Å². The zero-order valence-electron chi connectivity index (χ0n) is 37.3. The van der Waals surface area contributed by atoms with Gasteiger partial charge in [0.25, 0.3) is 0 Å². The summed E-state index contributed by atoms with van der Waals surface area (Å²) in [6, 6.07) is 85.6. The van der Waals surface area contributed by atoms with Crippen LogP contribution in [0.4, 0.5) is 17.1 Å². The molecule has 3 aliphatic rings. The maximum atomic E-state index is 6.74. The van der Waals surface area contributed by atoms with E-state index in [4.69, 9.17) is 9.47 Å². The van der Waals surface area contributed by atoms with E-state index in [2.05, 4.69) is 231 Å². The van der Waals surface area contributed by atoms with Crippen LogP contribution in [0.5, 0.6) is 23.0 Å². The first-order valence-corrected chi connectivity index (χ1v) is 23.2. The smallest absolute Gasteiger partial charge is 0.178 e. The van der Waals surface area contributed by atoms with Gasteiger partial charge < -0.3 is 14.4 Å². The number of ether oxygens (including phenoxy) is 2. The van der Waals surface area contributed by atoms with Crippen molar-refractivity contribution in [3.8, 4) is 67.5 Å². The minimum absolute atomic E-state index is 0.0646. The summed E-state index contributed by atoms with van der Waals surface area (Å²) in [6.07, 6.45) is 0. The van der Waals surface area contributed by atoms with Crippen molar-refractivity contribution in [2.24, 2.45) is 0 Å². The molecule has 0 saturated heterocycles. The predicted molar refractivity (Wildman–Crippen MR) is 273 cm³/mol. The van der Waals surface area contributed by atoms with Gasteiger partial charge in [0.05, 0.1) is 5.41 Å². The Kier molecular flexibility index (Phi) is 8.78. The van der Waals surface area contributed by atoms with Gasteiger partial charge in [0.15, 0.2) is 23.0 Å². The minimum Gasteiger partial charge on any atom is -0.449 e. The second-order valence-corrected chi connectivity index (χ2v) is 18.4. The largest absolute Gasteiger partial charge is 0.449 e. The lowest BCUT2D eigenvalue weighted by molar-refractivity contribution is 0.360. The number of hydrogen-bond donors (Lipinski definition) is 0. The molecule has 1 aliphatic heterocycles. The molecule has 1 unspecified atom stereocenters. The second-order valence-electron chi connectivity index (χ2n) is 18.4. The number of nitrogens with zero attached hydrogens (tertiary/aromatic N) is 1. The highest BCUT2D eigenvalue weighted by Gasteiger charge is 2.48. The number of rotatable bonds is 7. The van der Waals surface area contributed by atoms with Gasteiger partial charge in [0, 0.05) is 28.0 Å². The lowest BCUT2D eigenvalue weighted by Gasteiger charge is -2.34. The third-order valence-corrected chi connectivity index (χ3v) is 14.4. The van der Waals surface area contributed by atoms with Gasteiger partial charge in [0.1, 0.15) is 0 Å². The molecule has 318 valence electrons. The monoisotopic (exact) mass is 859 g/mol. The Bertz CT molecular complexity index is 3520. The summed E-state index contributed by atoms with van der Waals surface area (Å²) in [5.41, 5.74) is 19.7. The molecule has 67 heavy (non-hydrogen) atoms. The normalized spacial score (nSPS) is 15.4. The van der Waals surface area contributed by atoms with Crippen LogP contribution in [0.15, 0.2) is 237 Å². The van der Waals surface area contributed by atoms with Gasteiger partial charge in [-0.3, -0.25) is 0 Å². The Labute approximate surface area is 391 Å². The van der Waals surface area contributed by atoms with Gasteiger partial charge >= 0.3 is 0 Å². The average Bonchev–Trinajstić information content (AvgIpc) is 3.82. The third kappa shape index (κ3) is 5.98. The fourth-order valence-corrected chi connectivity index (χ4v) is 11.3. The third-order valence-electron chi connectivity index (χ3n) is 14.4. The first-order valence-electron chi connectivity index (χ1n) is 23.2. The summed E-state index contributed by atoms with van der Waals surface area (Å²) in [6.45, 7) is 4.68. The van der Waals surface area contributed by atoms with E-state index in [0.29, 0.717) is 0 Å². The standard InChI is InChI=1S/C64H45NO2/c1-63(2)54-21-11-9-19-51(54)53-41-50(37-38-55(53)63)65(48-33-27-44(28-34-48)42-15-5-3-6-16-42)49-35-29-45(30-36-49)43-25-31-47(32-26-43)64(46-17-7-4-8-18-46)56-22-12-10-20-52(56)61-57(64)39-40-60-62(61)67-59-24-14-13-23-58(59)66-60/h3-41H,1-2H3. The molecule has 0 fully saturated rings. The van der Waals surface area contributed by atoms with E-state index >= 15 is 0 Å². The van der Waals surface area contributed by atoms with Gasteiger partial charge in [0.2, 0.25) is 0 Å². The number of para-hydroxylation sites is 2. The number of anilines is 3. The molecule has 0 N–H and O–H groups in total. The van der Waals surface area contributed by atoms with Crippen LogP contribution in [-0.2, 0) is 10.8 Å².